The molecule has 0 aliphatic carbocycles. The minimum atomic E-state index is -0.188. The Labute approximate surface area is 124 Å². The molecule has 0 unspecified atom stereocenters. The monoisotopic (exact) mass is 282 g/mol. The van der Waals surface area contributed by atoms with Gasteiger partial charge in [-0.15, -0.1) is 0 Å². The van der Waals surface area contributed by atoms with Gasteiger partial charge in [-0.1, -0.05) is 23.8 Å². The Balaban J connectivity index is 2.14. The molecule has 2 amide bonds. The number of anilines is 1. The first kappa shape index (κ1) is 14.8. The molecule has 0 aliphatic rings. The Morgan fingerprint density at radius 3 is 2.29 bits per heavy atom. The van der Waals surface area contributed by atoms with Gasteiger partial charge in [0.2, 0.25) is 0 Å². The normalized spacial score (nSPS) is 10.0. The molecule has 0 atom stereocenters. The number of hydrogen-bond donors (Lipinski definition) is 2. The van der Waals surface area contributed by atoms with E-state index in [9.17, 15) is 9.59 Å². The topological polar surface area (TPSA) is 58.2 Å². The van der Waals surface area contributed by atoms with Gasteiger partial charge in [-0.25, -0.2) is 0 Å². The van der Waals surface area contributed by atoms with Crippen LogP contribution in [0.4, 0.5) is 5.69 Å². The molecule has 0 saturated carbocycles. The molecule has 4 heteroatoms. The number of carbonyl (C=O) groups is 2. The van der Waals surface area contributed by atoms with Gasteiger partial charge in [0.15, 0.2) is 0 Å². The molecule has 4 nitrogen and oxygen atoms in total. The highest BCUT2D eigenvalue weighted by atomic mass is 16.2. The summed E-state index contributed by atoms with van der Waals surface area (Å²) in [5.74, 6) is -0.337. The van der Waals surface area contributed by atoms with E-state index in [1.165, 1.54) is 0 Å². The Kier molecular flexibility index (Phi) is 4.72. The van der Waals surface area contributed by atoms with Crippen molar-refractivity contribution in [3.05, 3.63) is 65.2 Å². The fraction of sp³-hybridized carbons (Fsp3) is 0.176. The Hall–Kier alpha value is -2.62. The minimum Gasteiger partial charge on any atom is -0.352 e. The van der Waals surface area contributed by atoms with Crippen LogP contribution in [0.1, 0.15) is 33.2 Å². The maximum absolute atomic E-state index is 12.2. The molecule has 0 bridgehead atoms. The van der Waals surface area contributed by atoms with Crippen LogP contribution in [0.15, 0.2) is 48.5 Å². The molecule has 21 heavy (non-hydrogen) atoms. The summed E-state index contributed by atoms with van der Waals surface area (Å²) in [7, 11) is 0. The van der Waals surface area contributed by atoms with Gasteiger partial charge >= 0.3 is 0 Å². The van der Waals surface area contributed by atoms with E-state index in [0.717, 1.165) is 5.56 Å². The van der Waals surface area contributed by atoms with Crippen molar-refractivity contribution in [2.45, 2.75) is 13.8 Å². The van der Waals surface area contributed by atoms with Gasteiger partial charge in [0.25, 0.3) is 11.8 Å². The summed E-state index contributed by atoms with van der Waals surface area (Å²) >= 11 is 0. The van der Waals surface area contributed by atoms with E-state index in [1.807, 2.05) is 32.0 Å². The first-order chi connectivity index (χ1) is 10.1. The lowest BCUT2D eigenvalue weighted by atomic mass is 10.1. The van der Waals surface area contributed by atoms with Crippen LogP contribution in [0.2, 0.25) is 0 Å². The van der Waals surface area contributed by atoms with Gasteiger partial charge < -0.3 is 10.6 Å². The first-order valence-electron chi connectivity index (χ1n) is 6.86. The number of aryl methyl sites for hydroxylation is 1. The number of carbonyl (C=O) groups excluding carboxylic acids is 2. The van der Waals surface area contributed by atoms with Crippen LogP contribution >= 0.6 is 0 Å². The first-order valence-corrected chi connectivity index (χ1v) is 6.86. The molecule has 2 aromatic carbocycles. The average Bonchev–Trinajstić information content (AvgIpc) is 2.48. The second kappa shape index (κ2) is 6.70. The van der Waals surface area contributed by atoms with Crippen molar-refractivity contribution in [3.63, 3.8) is 0 Å². The molecule has 0 heterocycles. The fourth-order valence-corrected chi connectivity index (χ4v) is 1.99. The predicted octanol–water partition coefficient (Wildman–Crippen LogP) is 3.00. The van der Waals surface area contributed by atoms with E-state index < -0.39 is 0 Å². The highest BCUT2D eigenvalue weighted by molar-refractivity contribution is 6.05. The van der Waals surface area contributed by atoms with Gasteiger partial charge in [-0.2, -0.15) is 0 Å². The van der Waals surface area contributed by atoms with Gasteiger partial charge in [-0.05, 0) is 44.2 Å². The standard InChI is InChI=1S/C17H18N2O2/c1-3-18-16(20)14-8-5-9-15(11-14)19-17(21)13-7-4-6-12(2)10-13/h4-11H,3H2,1-2H3,(H,18,20)(H,19,21). The Morgan fingerprint density at radius 1 is 0.952 bits per heavy atom. The maximum Gasteiger partial charge on any atom is 0.255 e. The minimum absolute atomic E-state index is 0.149. The van der Waals surface area contributed by atoms with Crippen molar-refractivity contribution in [2.75, 3.05) is 11.9 Å². The second-order valence-electron chi connectivity index (χ2n) is 4.76. The smallest absolute Gasteiger partial charge is 0.255 e. The fourth-order valence-electron chi connectivity index (χ4n) is 1.99. The summed E-state index contributed by atoms with van der Waals surface area (Å²) in [5.41, 5.74) is 2.75. The van der Waals surface area contributed by atoms with Crippen molar-refractivity contribution in [3.8, 4) is 0 Å². The van der Waals surface area contributed by atoms with Gasteiger partial charge in [0.05, 0.1) is 0 Å². The average molecular weight is 282 g/mol. The predicted molar refractivity (Wildman–Crippen MR) is 83.6 cm³/mol. The number of nitrogens with one attached hydrogen (secondary N) is 2. The van der Waals surface area contributed by atoms with Crippen LogP contribution in [0.5, 0.6) is 0 Å². The molecular weight excluding hydrogens is 264 g/mol. The third-order valence-corrected chi connectivity index (χ3v) is 3.00. The van der Waals surface area contributed by atoms with Crippen LogP contribution in [0.3, 0.4) is 0 Å². The molecule has 0 radical (unpaired) electrons. The van der Waals surface area contributed by atoms with E-state index >= 15 is 0 Å². The van der Waals surface area contributed by atoms with Gasteiger partial charge in [0.1, 0.15) is 0 Å². The summed E-state index contributed by atoms with van der Waals surface area (Å²) in [6.45, 7) is 4.37. The van der Waals surface area contributed by atoms with Crippen molar-refractivity contribution >= 4 is 17.5 Å². The van der Waals surface area contributed by atoms with E-state index in [0.29, 0.717) is 23.4 Å². The number of benzene rings is 2. The van der Waals surface area contributed by atoms with Crippen molar-refractivity contribution in [1.82, 2.24) is 5.32 Å². The van der Waals surface area contributed by atoms with Crippen LogP contribution < -0.4 is 10.6 Å². The van der Waals surface area contributed by atoms with Crippen molar-refractivity contribution in [1.29, 1.82) is 0 Å². The quantitative estimate of drug-likeness (QED) is 0.905. The van der Waals surface area contributed by atoms with Crippen LogP contribution in [-0.4, -0.2) is 18.4 Å². The van der Waals surface area contributed by atoms with E-state index in [2.05, 4.69) is 10.6 Å². The highest BCUT2D eigenvalue weighted by Gasteiger charge is 2.08. The van der Waals surface area contributed by atoms with Crippen molar-refractivity contribution < 1.29 is 9.59 Å². The zero-order chi connectivity index (χ0) is 15.2. The molecular formula is C17H18N2O2. The summed E-state index contributed by atoms with van der Waals surface area (Å²) in [5, 5.41) is 5.53. The Morgan fingerprint density at radius 2 is 1.62 bits per heavy atom. The molecule has 0 aromatic heterocycles. The summed E-state index contributed by atoms with van der Waals surface area (Å²) < 4.78 is 0. The summed E-state index contributed by atoms with van der Waals surface area (Å²) in [6, 6.07) is 14.2. The number of hydrogen-bond acceptors (Lipinski definition) is 2. The summed E-state index contributed by atoms with van der Waals surface area (Å²) in [4.78, 5) is 23.9. The summed E-state index contributed by atoms with van der Waals surface area (Å²) in [6.07, 6.45) is 0. The highest BCUT2D eigenvalue weighted by Crippen LogP contribution is 2.13. The third-order valence-electron chi connectivity index (χ3n) is 3.00. The molecule has 108 valence electrons. The lowest BCUT2D eigenvalue weighted by Gasteiger charge is -2.08. The van der Waals surface area contributed by atoms with Crippen LogP contribution in [0, 0.1) is 6.92 Å². The molecule has 2 aromatic rings. The van der Waals surface area contributed by atoms with Gasteiger partial charge in [0, 0.05) is 23.4 Å². The molecule has 0 fully saturated rings. The van der Waals surface area contributed by atoms with Crippen LogP contribution in [-0.2, 0) is 0 Å². The number of rotatable bonds is 4. The van der Waals surface area contributed by atoms with E-state index in [-0.39, 0.29) is 11.8 Å². The van der Waals surface area contributed by atoms with E-state index in [4.69, 9.17) is 0 Å². The third kappa shape index (κ3) is 3.92. The van der Waals surface area contributed by atoms with E-state index in [1.54, 1.807) is 30.3 Å². The van der Waals surface area contributed by atoms with Gasteiger partial charge in [-0.3, -0.25) is 9.59 Å². The molecule has 0 spiro atoms. The molecule has 2 rings (SSSR count). The largest absolute Gasteiger partial charge is 0.352 e. The molecule has 2 N–H and O–H groups in total. The SMILES string of the molecule is CCNC(=O)c1cccc(NC(=O)c2cccc(C)c2)c1. The Bertz CT molecular complexity index is 665. The zero-order valence-electron chi connectivity index (χ0n) is 12.1. The van der Waals surface area contributed by atoms with Crippen molar-refractivity contribution in [2.24, 2.45) is 0 Å². The lowest BCUT2D eigenvalue weighted by molar-refractivity contribution is 0.0954. The van der Waals surface area contributed by atoms with Crippen LogP contribution in [0.25, 0.3) is 0 Å². The molecule has 0 saturated heterocycles. The lowest BCUT2D eigenvalue weighted by Crippen LogP contribution is -2.22. The second-order valence-corrected chi connectivity index (χ2v) is 4.76. The zero-order valence-corrected chi connectivity index (χ0v) is 12.1. The number of amides is 2. The molecule has 0 aliphatic heterocycles. The maximum atomic E-state index is 12.2.